The summed E-state index contributed by atoms with van der Waals surface area (Å²) in [5, 5.41) is 19.0. The molecular weight excluding hydrogens is 162 g/mol. The van der Waals surface area contributed by atoms with Crippen molar-refractivity contribution >= 4 is 5.97 Å². The molecule has 0 fully saturated rings. The van der Waals surface area contributed by atoms with E-state index < -0.39 is 16.4 Å². The summed E-state index contributed by atoms with van der Waals surface area (Å²) in [5.41, 5.74) is -1.84. The zero-order chi connectivity index (χ0) is 9.94. The number of hydrogen-bond donors (Lipinski definition) is 1. The van der Waals surface area contributed by atoms with E-state index in [0.29, 0.717) is 0 Å². The van der Waals surface area contributed by atoms with E-state index in [1.807, 2.05) is 0 Å². The highest BCUT2D eigenvalue weighted by Gasteiger charge is 2.46. The molecule has 1 N–H and O–H groups in total. The first kappa shape index (κ1) is 10.9. The first-order valence-corrected chi connectivity index (χ1v) is 3.68. The molecule has 0 radical (unpaired) electrons. The van der Waals surface area contributed by atoms with Gasteiger partial charge in [-0.3, -0.25) is 10.1 Å². The van der Waals surface area contributed by atoms with E-state index in [9.17, 15) is 14.9 Å². The van der Waals surface area contributed by atoms with Crippen molar-refractivity contribution in [3.05, 3.63) is 10.1 Å². The van der Waals surface area contributed by atoms with Gasteiger partial charge in [0.2, 0.25) is 0 Å². The van der Waals surface area contributed by atoms with Crippen LogP contribution < -0.4 is 0 Å². The van der Waals surface area contributed by atoms with Gasteiger partial charge in [-0.05, 0) is 5.92 Å². The lowest BCUT2D eigenvalue weighted by Gasteiger charge is -2.17. The Bertz CT molecular complexity index is 186. The van der Waals surface area contributed by atoms with E-state index >= 15 is 0 Å². The molecule has 0 amide bonds. The van der Waals surface area contributed by atoms with Gasteiger partial charge in [0, 0.05) is 18.3 Å². The number of hydrogen-bond acceptors (Lipinski definition) is 3. The average molecular weight is 175 g/mol. The second-order valence-corrected chi connectivity index (χ2v) is 3.43. The summed E-state index contributed by atoms with van der Waals surface area (Å²) in [6.07, 6.45) is 0.0509. The van der Waals surface area contributed by atoms with Crippen LogP contribution in [0.1, 0.15) is 27.2 Å². The molecule has 12 heavy (non-hydrogen) atoms. The first-order chi connectivity index (χ1) is 5.30. The molecule has 5 nitrogen and oxygen atoms in total. The fourth-order valence-corrected chi connectivity index (χ4v) is 1.03. The molecule has 0 spiro atoms. The van der Waals surface area contributed by atoms with Crippen LogP contribution in [0.4, 0.5) is 0 Å². The predicted octanol–water partition coefficient (Wildman–Crippen LogP) is 1.15. The van der Waals surface area contributed by atoms with Gasteiger partial charge in [0.15, 0.2) is 0 Å². The van der Waals surface area contributed by atoms with Crippen molar-refractivity contribution in [2.75, 3.05) is 0 Å². The molecule has 1 atom stereocenters. The highest BCUT2D eigenvalue weighted by molar-refractivity contribution is 5.76. The van der Waals surface area contributed by atoms with E-state index in [4.69, 9.17) is 5.11 Å². The second-order valence-electron chi connectivity index (χ2n) is 3.43. The SMILES string of the molecule is CC(C)CC(C)(C(=O)O)[N+](=O)[O-]. The smallest absolute Gasteiger partial charge is 0.382 e. The quantitative estimate of drug-likeness (QED) is 0.513. The van der Waals surface area contributed by atoms with E-state index in [1.165, 1.54) is 0 Å². The zero-order valence-electron chi connectivity index (χ0n) is 7.40. The van der Waals surface area contributed by atoms with Gasteiger partial charge in [-0.15, -0.1) is 0 Å². The monoisotopic (exact) mass is 175 g/mol. The average Bonchev–Trinajstić information content (AvgIpc) is 1.84. The number of nitrogens with zero attached hydrogens (tertiary/aromatic N) is 1. The summed E-state index contributed by atoms with van der Waals surface area (Å²) in [7, 11) is 0. The Kier molecular flexibility index (Phi) is 3.18. The lowest BCUT2D eigenvalue weighted by atomic mass is 9.92. The molecule has 1 unspecified atom stereocenters. The van der Waals surface area contributed by atoms with Crippen LogP contribution in [0.5, 0.6) is 0 Å². The number of nitro groups is 1. The molecule has 0 saturated heterocycles. The lowest BCUT2D eigenvalue weighted by molar-refractivity contribution is -0.552. The molecule has 0 aliphatic carbocycles. The van der Waals surface area contributed by atoms with E-state index in [-0.39, 0.29) is 12.3 Å². The van der Waals surface area contributed by atoms with Gasteiger partial charge < -0.3 is 5.11 Å². The second kappa shape index (κ2) is 3.51. The Balaban J connectivity index is 4.63. The molecule has 5 heteroatoms. The van der Waals surface area contributed by atoms with Crippen molar-refractivity contribution in [1.82, 2.24) is 0 Å². The molecule has 0 aliphatic rings. The Labute approximate surface area is 70.5 Å². The molecule has 0 saturated carbocycles. The zero-order valence-corrected chi connectivity index (χ0v) is 7.40. The molecule has 0 rings (SSSR count). The van der Waals surface area contributed by atoms with Gasteiger partial charge in [-0.25, -0.2) is 4.79 Å². The minimum atomic E-state index is -1.84. The van der Waals surface area contributed by atoms with Gasteiger partial charge in [0.05, 0.1) is 0 Å². The van der Waals surface area contributed by atoms with Crippen molar-refractivity contribution in [1.29, 1.82) is 0 Å². The molecule has 70 valence electrons. The maximum absolute atomic E-state index is 10.6. The summed E-state index contributed by atoms with van der Waals surface area (Å²) in [4.78, 5) is 20.2. The first-order valence-electron chi connectivity index (χ1n) is 3.68. The third kappa shape index (κ3) is 2.18. The number of aliphatic carboxylic acids is 1. The van der Waals surface area contributed by atoms with Crippen molar-refractivity contribution in [2.45, 2.75) is 32.7 Å². The maximum atomic E-state index is 10.6. The van der Waals surface area contributed by atoms with E-state index in [0.717, 1.165) is 6.92 Å². The van der Waals surface area contributed by atoms with Crippen LogP contribution in [0.25, 0.3) is 0 Å². The third-order valence-corrected chi connectivity index (χ3v) is 1.67. The molecule has 0 bridgehead atoms. The fourth-order valence-electron chi connectivity index (χ4n) is 1.03. The maximum Gasteiger partial charge on any atom is 0.382 e. The van der Waals surface area contributed by atoms with Crippen molar-refractivity contribution < 1.29 is 14.8 Å². The number of carbonyl (C=O) groups is 1. The number of carboxylic acids is 1. The van der Waals surface area contributed by atoms with Gasteiger partial charge in [0.25, 0.3) is 0 Å². The van der Waals surface area contributed by atoms with Crippen molar-refractivity contribution in [3.8, 4) is 0 Å². The van der Waals surface area contributed by atoms with Crippen molar-refractivity contribution in [2.24, 2.45) is 5.92 Å². The standard InChI is InChI=1S/C7H13NO4/c1-5(2)4-7(3,6(9)10)8(11)12/h5H,4H2,1-3H3,(H,9,10). The summed E-state index contributed by atoms with van der Waals surface area (Å²) in [6.45, 7) is 4.64. The Morgan fingerprint density at radius 1 is 1.67 bits per heavy atom. The minimum absolute atomic E-state index is 0.00324. The summed E-state index contributed by atoms with van der Waals surface area (Å²) in [6, 6.07) is 0. The Morgan fingerprint density at radius 3 is 2.17 bits per heavy atom. The van der Waals surface area contributed by atoms with E-state index in [2.05, 4.69) is 0 Å². The van der Waals surface area contributed by atoms with Crippen LogP contribution >= 0.6 is 0 Å². The van der Waals surface area contributed by atoms with Gasteiger partial charge >= 0.3 is 11.5 Å². The number of carboxylic acid groups (broad SMARTS) is 1. The Hall–Kier alpha value is -1.13. The number of rotatable bonds is 4. The highest BCUT2D eigenvalue weighted by Crippen LogP contribution is 2.20. The fraction of sp³-hybridized carbons (Fsp3) is 0.857. The largest absolute Gasteiger partial charge is 0.476 e. The third-order valence-electron chi connectivity index (χ3n) is 1.67. The van der Waals surface area contributed by atoms with Gasteiger partial charge in [0.1, 0.15) is 0 Å². The van der Waals surface area contributed by atoms with Crippen LogP contribution in [-0.2, 0) is 4.79 Å². The topological polar surface area (TPSA) is 80.4 Å². The van der Waals surface area contributed by atoms with Crippen molar-refractivity contribution in [3.63, 3.8) is 0 Å². The highest BCUT2D eigenvalue weighted by atomic mass is 16.6. The van der Waals surface area contributed by atoms with Crippen LogP contribution in [-0.4, -0.2) is 21.5 Å². The Morgan fingerprint density at radius 2 is 2.08 bits per heavy atom. The van der Waals surface area contributed by atoms with Crippen LogP contribution in [0, 0.1) is 16.0 Å². The van der Waals surface area contributed by atoms with Crippen LogP contribution in [0.3, 0.4) is 0 Å². The molecule has 0 aromatic carbocycles. The lowest BCUT2D eigenvalue weighted by Crippen LogP contribution is -2.44. The molecule has 0 heterocycles. The molecule has 0 aromatic heterocycles. The summed E-state index contributed by atoms with van der Waals surface area (Å²) in [5.74, 6) is -1.38. The van der Waals surface area contributed by atoms with Gasteiger partial charge in [-0.2, -0.15) is 0 Å². The normalized spacial score (nSPS) is 15.7. The summed E-state index contributed by atoms with van der Waals surface area (Å²) >= 11 is 0. The minimum Gasteiger partial charge on any atom is -0.476 e. The van der Waals surface area contributed by atoms with Crippen LogP contribution in [0.15, 0.2) is 0 Å². The predicted molar refractivity (Wildman–Crippen MR) is 42.5 cm³/mol. The molecule has 0 aliphatic heterocycles. The van der Waals surface area contributed by atoms with Crippen LogP contribution in [0.2, 0.25) is 0 Å². The summed E-state index contributed by atoms with van der Waals surface area (Å²) < 4.78 is 0. The molecule has 0 aromatic rings. The molecular formula is C7H13NO4. The van der Waals surface area contributed by atoms with Gasteiger partial charge in [-0.1, -0.05) is 13.8 Å². The van der Waals surface area contributed by atoms with E-state index in [1.54, 1.807) is 13.8 Å².